The predicted molar refractivity (Wildman–Crippen MR) is 167 cm³/mol. The third kappa shape index (κ3) is 10.1. The van der Waals surface area contributed by atoms with E-state index in [4.69, 9.17) is 24.4 Å². The molecule has 0 saturated heterocycles. The van der Waals surface area contributed by atoms with Crippen LogP contribution in [0.15, 0.2) is 48.5 Å². The summed E-state index contributed by atoms with van der Waals surface area (Å²) in [7, 11) is 0. The number of hydrogen-bond donors (Lipinski definition) is 4. The van der Waals surface area contributed by atoms with Crippen LogP contribution in [0.5, 0.6) is 0 Å². The van der Waals surface area contributed by atoms with Gasteiger partial charge in [-0.2, -0.15) is 52.7 Å². The molecule has 262 valence electrons. The van der Waals surface area contributed by atoms with Crippen molar-refractivity contribution in [1.29, 1.82) is 0 Å². The van der Waals surface area contributed by atoms with Gasteiger partial charge in [0.05, 0.1) is 22.3 Å². The van der Waals surface area contributed by atoms with Crippen molar-refractivity contribution in [3.8, 4) is 0 Å². The average molecular weight is 735 g/mol. The van der Waals surface area contributed by atoms with E-state index >= 15 is 0 Å². The maximum atomic E-state index is 13.3. The van der Waals surface area contributed by atoms with Crippen molar-refractivity contribution in [2.24, 2.45) is 0 Å². The molecule has 18 heteroatoms. The molecule has 0 radical (unpaired) electrons. The summed E-state index contributed by atoms with van der Waals surface area (Å²) < 4.78 is 160. The first kappa shape index (κ1) is 38.6. The second-order valence-corrected chi connectivity index (χ2v) is 11.9. The maximum absolute atomic E-state index is 13.3. The van der Waals surface area contributed by atoms with Crippen molar-refractivity contribution < 1.29 is 52.7 Å². The van der Waals surface area contributed by atoms with Gasteiger partial charge < -0.3 is 21.3 Å². The summed E-state index contributed by atoms with van der Waals surface area (Å²) in [5.74, 6) is -0.585. The molecule has 3 aromatic carbocycles. The van der Waals surface area contributed by atoms with Crippen molar-refractivity contribution in [3.63, 3.8) is 0 Å². The van der Waals surface area contributed by atoms with Crippen LogP contribution in [-0.2, 0) is 24.7 Å². The van der Waals surface area contributed by atoms with Crippen LogP contribution < -0.4 is 21.3 Å². The summed E-state index contributed by atoms with van der Waals surface area (Å²) in [6.07, 6.45) is -20.3. The van der Waals surface area contributed by atoms with E-state index < -0.39 is 58.3 Å². The highest BCUT2D eigenvalue weighted by molar-refractivity contribution is 7.81. The fraction of sp³-hybridized carbons (Fsp3) is 0.333. The number of hydrogen-bond acceptors (Lipinski definition) is 2. The molecule has 0 atom stereocenters. The highest BCUT2D eigenvalue weighted by atomic mass is 32.1. The summed E-state index contributed by atoms with van der Waals surface area (Å²) in [5.41, 5.74) is -5.69. The zero-order valence-electron chi connectivity index (χ0n) is 25.1. The van der Waals surface area contributed by atoms with E-state index in [1.165, 1.54) is 12.1 Å². The monoisotopic (exact) mass is 734 g/mol. The Bertz CT molecular complexity index is 1580. The summed E-state index contributed by atoms with van der Waals surface area (Å²) >= 11 is 10.4. The van der Waals surface area contributed by atoms with Crippen LogP contribution in [0.4, 0.5) is 75.4 Å². The number of rotatable bonds is 6. The molecule has 4 nitrogen and oxygen atoms in total. The Hall–Kier alpha value is -3.80. The quantitative estimate of drug-likeness (QED) is 0.149. The third-order valence-electron chi connectivity index (χ3n) is 6.63. The zero-order chi connectivity index (χ0) is 36.6. The van der Waals surface area contributed by atoms with E-state index in [1.54, 1.807) is 27.7 Å². The van der Waals surface area contributed by atoms with Crippen LogP contribution in [0.25, 0.3) is 0 Å². The SMILES string of the molecule is CC(C)c1cc(NC(=S)Nc2cc(C(F)(F)F)cc(C(F)(F)F)c2)cc(C(C)C)c1NC(=S)Nc1cc(C(F)(F)F)cc(C(F)(F)F)c1. The molecule has 0 spiro atoms. The first-order valence-corrected chi connectivity index (χ1v) is 14.5. The fourth-order valence-corrected chi connectivity index (χ4v) is 4.89. The molecule has 4 N–H and O–H groups in total. The first-order chi connectivity index (χ1) is 21.8. The Labute approximate surface area is 277 Å². The Morgan fingerprint density at radius 2 is 0.688 bits per heavy atom. The topological polar surface area (TPSA) is 48.1 Å². The Morgan fingerprint density at radius 3 is 0.938 bits per heavy atom. The van der Waals surface area contributed by atoms with Gasteiger partial charge in [0.25, 0.3) is 0 Å². The Morgan fingerprint density at radius 1 is 0.438 bits per heavy atom. The van der Waals surface area contributed by atoms with E-state index in [0.29, 0.717) is 41.1 Å². The van der Waals surface area contributed by atoms with Gasteiger partial charge in [0, 0.05) is 22.7 Å². The lowest BCUT2D eigenvalue weighted by atomic mass is 9.91. The van der Waals surface area contributed by atoms with E-state index in [9.17, 15) is 52.7 Å². The predicted octanol–water partition coefficient (Wildman–Crippen LogP) is 11.6. The number of nitrogens with one attached hydrogen (secondary N) is 4. The molecule has 3 aromatic rings. The summed E-state index contributed by atoms with van der Waals surface area (Å²) in [5, 5.41) is 9.57. The molecular formula is C30H26F12N4S2. The molecule has 0 aliphatic rings. The number of anilines is 4. The highest BCUT2D eigenvalue weighted by Gasteiger charge is 2.38. The lowest BCUT2D eigenvalue weighted by Crippen LogP contribution is -2.23. The largest absolute Gasteiger partial charge is 0.416 e. The minimum atomic E-state index is -5.08. The number of alkyl halides is 12. The molecule has 48 heavy (non-hydrogen) atoms. The number of thiocarbonyl (C=S) groups is 2. The van der Waals surface area contributed by atoms with Crippen molar-refractivity contribution in [2.75, 3.05) is 21.3 Å². The van der Waals surface area contributed by atoms with E-state index in [2.05, 4.69) is 21.3 Å². The van der Waals surface area contributed by atoms with Gasteiger partial charge >= 0.3 is 24.7 Å². The normalized spacial score (nSPS) is 12.7. The molecule has 3 rings (SSSR count). The molecule has 0 aliphatic heterocycles. The van der Waals surface area contributed by atoms with E-state index in [-0.39, 0.29) is 39.9 Å². The second kappa shape index (κ2) is 14.0. The summed E-state index contributed by atoms with van der Waals surface area (Å²) in [4.78, 5) is 0. The van der Waals surface area contributed by atoms with Crippen LogP contribution in [0.3, 0.4) is 0 Å². The van der Waals surface area contributed by atoms with Gasteiger partial charge in [0.1, 0.15) is 0 Å². The van der Waals surface area contributed by atoms with E-state index in [1.807, 2.05) is 0 Å². The molecule has 0 heterocycles. The highest BCUT2D eigenvalue weighted by Crippen LogP contribution is 2.40. The standard InChI is InChI=1S/C30H26F12N4S2/c1-13(2)22-11-21(45-25(47)43-19-7-15(27(31,32)33)5-16(8-19)28(34,35)36)12-23(14(3)4)24(22)46-26(48)44-20-9-17(29(37,38)39)6-18(10-20)30(40,41)42/h5-14H,1-4H3,(H2,43,45,47)(H2,44,46,48). The van der Waals surface area contributed by atoms with Gasteiger partial charge in [-0.15, -0.1) is 0 Å². The zero-order valence-corrected chi connectivity index (χ0v) is 26.8. The fourth-order valence-electron chi connectivity index (χ4n) is 4.44. The van der Waals surface area contributed by atoms with Crippen LogP contribution in [0.1, 0.15) is 72.9 Å². The first-order valence-electron chi connectivity index (χ1n) is 13.7. The minimum absolute atomic E-state index is 0.0251. The summed E-state index contributed by atoms with van der Waals surface area (Å²) in [6.45, 7) is 7.02. The molecule has 0 fully saturated rings. The number of benzene rings is 3. The Kier molecular flexibility index (Phi) is 11.3. The maximum Gasteiger partial charge on any atom is 0.416 e. The Balaban J connectivity index is 1.94. The molecule has 0 saturated carbocycles. The molecular weight excluding hydrogens is 708 g/mol. The van der Waals surface area contributed by atoms with Crippen LogP contribution >= 0.6 is 24.4 Å². The molecule has 0 amide bonds. The summed E-state index contributed by atoms with van der Waals surface area (Å²) in [6, 6.07) is 4.89. The molecule has 0 unspecified atom stereocenters. The van der Waals surface area contributed by atoms with Crippen molar-refractivity contribution in [3.05, 3.63) is 81.9 Å². The minimum Gasteiger partial charge on any atom is -0.332 e. The molecule has 0 bridgehead atoms. The molecule has 0 aliphatic carbocycles. The van der Waals surface area contributed by atoms with Crippen molar-refractivity contribution in [1.82, 2.24) is 0 Å². The smallest absolute Gasteiger partial charge is 0.332 e. The van der Waals surface area contributed by atoms with Crippen LogP contribution in [-0.4, -0.2) is 10.2 Å². The second-order valence-electron chi connectivity index (χ2n) is 11.1. The van der Waals surface area contributed by atoms with Crippen LogP contribution in [0.2, 0.25) is 0 Å². The average Bonchev–Trinajstić information content (AvgIpc) is 2.91. The number of halogens is 12. The van der Waals surface area contributed by atoms with Gasteiger partial charge in [0.2, 0.25) is 0 Å². The lowest BCUT2D eigenvalue weighted by Gasteiger charge is -2.24. The van der Waals surface area contributed by atoms with Gasteiger partial charge in [0.15, 0.2) is 10.2 Å². The van der Waals surface area contributed by atoms with Crippen molar-refractivity contribution in [2.45, 2.75) is 64.2 Å². The van der Waals surface area contributed by atoms with Gasteiger partial charge in [-0.05, 0) is 95.9 Å². The lowest BCUT2D eigenvalue weighted by molar-refractivity contribution is -0.144. The van der Waals surface area contributed by atoms with E-state index in [0.717, 1.165) is 0 Å². The van der Waals surface area contributed by atoms with Crippen LogP contribution in [0, 0.1) is 0 Å². The van der Waals surface area contributed by atoms with Gasteiger partial charge in [-0.3, -0.25) is 0 Å². The van der Waals surface area contributed by atoms with Gasteiger partial charge in [-0.25, -0.2) is 0 Å². The third-order valence-corrected chi connectivity index (χ3v) is 7.04. The van der Waals surface area contributed by atoms with Crippen molar-refractivity contribution >= 4 is 57.4 Å². The van der Waals surface area contributed by atoms with Gasteiger partial charge in [-0.1, -0.05) is 27.7 Å². The molecule has 0 aromatic heterocycles.